The van der Waals surface area contributed by atoms with Gasteiger partial charge in [0, 0.05) is 36.3 Å². The highest BCUT2D eigenvalue weighted by Crippen LogP contribution is 2.32. The van der Waals surface area contributed by atoms with Gasteiger partial charge in [-0.1, -0.05) is 60.1 Å². The first kappa shape index (κ1) is 23.9. The fraction of sp³-hybridized carbons (Fsp3) is 0.208. The Balaban J connectivity index is 1.44. The van der Waals surface area contributed by atoms with Gasteiger partial charge in [-0.15, -0.1) is 0 Å². The lowest BCUT2D eigenvalue weighted by Gasteiger charge is -2.30. The van der Waals surface area contributed by atoms with Crippen molar-refractivity contribution in [2.45, 2.75) is 17.7 Å². The van der Waals surface area contributed by atoms with Crippen molar-refractivity contribution in [3.8, 4) is 11.1 Å². The van der Waals surface area contributed by atoms with Crippen molar-refractivity contribution in [1.29, 1.82) is 0 Å². The second kappa shape index (κ2) is 9.92. The molecule has 4 rings (SSSR count). The van der Waals surface area contributed by atoms with E-state index in [1.165, 1.54) is 16.4 Å². The van der Waals surface area contributed by atoms with Gasteiger partial charge in [-0.05, 0) is 36.6 Å². The Kier molecular flexibility index (Phi) is 6.97. The molecule has 0 bridgehead atoms. The zero-order chi connectivity index (χ0) is 24.3. The number of nitrogens with one attached hydrogen (secondary N) is 1. The van der Waals surface area contributed by atoms with E-state index < -0.39 is 20.6 Å². The molecule has 10 heteroatoms. The third-order valence-corrected chi connectivity index (χ3v) is 8.06. The van der Waals surface area contributed by atoms with Crippen LogP contribution in [0.1, 0.15) is 12.8 Å². The van der Waals surface area contributed by atoms with Crippen molar-refractivity contribution in [3.63, 3.8) is 0 Å². The lowest BCUT2D eigenvalue weighted by molar-refractivity contribution is -0.384. The number of hydrogen-bond acceptors (Lipinski definition) is 5. The molecule has 176 valence electrons. The van der Waals surface area contributed by atoms with E-state index in [1.54, 1.807) is 0 Å². The molecule has 34 heavy (non-hydrogen) atoms. The summed E-state index contributed by atoms with van der Waals surface area (Å²) in [6.45, 7) is 0.272. The second-order valence-corrected chi connectivity index (χ2v) is 10.3. The van der Waals surface area contributed by atoms with Crippen molar-refractivity contribution in [2.24, 2.45) is 5.92 Å². The zero-order valence-electron chi connectivity index (χ0n) is 18.1. The highest BCUT2D eigenvalue weighted by molar-refractivity contribution is 7.89. The van der Waals surface area contributed by atoms with Crippen molar-refractivity contribution < 1.29 is 18.1 Å². The number of carbonyl (C=O) groups is 1. The number of halogens is 1. The molecule has 1 fully saturated rings. The van der Waals surface area contributed by atoms with Gasteiger partial charge in [0.25, 0.3) is 5.69 Å². The Bertz CT molecular complexity index is 1320. The lowest BCUT2D eigenvalue weighted by Crippen LogP contribution is -2.41. The molecule has 1 N–H and O–H groups in total. The summed E-state index contributed by atoms with van der Waals surface area (Å²) in [6.07, 6.45) is 0.683. The van der Waals surface area contributed by atoms with Gasteiger partial charge in [0.15, 0.2) is 0 Å². The van der Waals surface area contributed by atoms with E-state index in [9.17, 15) is 23.3 Å². The van der Waals surface area contributed by atoms with Crippen molar-refractivity contribution >= 4 is 38.9 Å². The molecule has 0 saturated carbocycles. The molecule has 0 radical (unpaired) electrons. The molecule has 8 nitrogen and oxygen atoms in total. The first-order chi connectivity index (χ1) is 16.3. The van der Waals surface area contributed by atoms with Crippen LogP contribution in [-0.4, -0.2) is 36.6 Å². The van der Waals surface area contributed by atoms with E-state index in [0.717, 1.165) is 17.2 Å². The first-order valence-electron chi connectivity index (χ1n) is 10.7. The Morgan fingerprint density at radius 2 is 1.65 bits per heavy atom. The standard InChI is InChI=1S/C24H22ClN3O5S/c25-21-11-10-19(16-23(21)28(30)31)34(32,33)27-14-12-18(13-15-27)24(29)26-22-9-5-4-8-20(22)17-6-2-1-3-7-17/h1-11,16,18H,12-15H2,(H,26,29). The predicted molar refractivity (Wildman–Crippen MR) is 130 cm³/mol. The molecular weight excluding hydrogens is 478 g/mol. The molecule has 1 aliphatic heterocycles. The number of nitro groups is 1. The summed E-state index contributed by atoms with van der Waals surface area (Å²) in [4.78, 5) is 23.2. The van der Waals surface area contributed by atoms with Crippen LogP contribution in [0.5, 0.6) is 0 Å². The second-order valence-electron chi connectivity index (χ2n) is 7.95. The lowest BCUT2D eigenvalue weighted by atomic mass is 9.96. The normalized spacial score (nSPS) is 15.1. The summed E-state index contributed by atoms with van der Waals surface area (Å²) in [5.41, 5.74) is 2.12. The van der Waals surface area contributed by atoms with Crippen LogP contribution in [0.2, 0.25) is 5.02 Å². The monoisotopic (exact) mass is 499 g/mol. The molecule has 0 unspecified atom stereocenters. The number of piperidine rings is 1. The number of nitro benzene ring substituents is 1. The predicted octanol–water partition coefficient (Wildman–Crippen LogP) is 4.95. The molecule has 1 aliphatic rings. The Morgan fingerprint density at radius 3 is 2.32 bits per heavy atom. The van der Waals surface area contributed by atoms with Crippen LogP contribution in [0, 0.1) is 16.0 Å². The molecule has 0 spiro atoms. The van der Waals surface area contributed by atoms with Crippen LogP contribution in [0.15, 0.2) is 77.7 Å². The fourth-order valence-electron chi connectivity index (χ4n) is 4.00. The van der Waals surface area contributed by atoms with Crippen molar-refractivity contribution in [3.05, 3.63) is 87.9 Å². The SMILES string of the molecule is O=C(Nc1ccccc1-c1ccccc1)C1CCN(S(=O)(=O)c2ccc(Cl)c([N+](=O)[O-])c2)CC1. The molecule has 1 amide bonds. The number of sulfonamides is 1. The van der Waals surface area contributed by atoms with E-state index in [4.69, 9.17) is 11.6 Å². The summed E-state index contributed by atoms with van der Waals surface area (Å²) in [5, 5.41) is 14.0. The summed E-state index contributed by atoms with van der Waals surface area (Å²) in [7, 11) is -3.95. The summed E-state index contributed by atoms with van der Waals surface area (Å²) in [5.74, 6) is -0.516. The smallest absolute Gasteiger partial charge is 0.289 e. The maximum absolute atomic E-state index is 13.0. The maximum Gasteiger partial charge on any atom is 0.289 e. The molecule has 0 aromatic heterocycles. The summed E-state index contributed by atoms with van der Waals surface area (Å²) in [6, 6.07) is 20.7. The van der Waals surface area contributed by atoms with Crippen LogP contribution in [0.4, 0.5) is 11.4 Å². The van der Waals surface area contributed by atoms with Gasteiger partial charge in [-0.3, -0.25) is 14.9 Å². The molecule has 3 aromatic rings. The molecule has 3 aromatic carbocycles. The van der Waals surface area contributed by atoms with Crippen LogP contribution in [0.25, 0.3) is 11.1 Å². The van der Waals surface area contributed by atoms with Crippen LogP contribution >= 0.6 is 11.6 Å². The Labute approximate surface area is 202 Å². The average Bonchev–Trinajstić information content (AvgIpc) is 2.85. The van der Waals surface area contributed by atoms with E-state index in [0.29, 0.717) is 18.5 Å². The number of hydrogen-bond donors (Lipinski definition) is 1. The fourth-order valence-corrected chi connectivity index (χ4v) is 5.67. The quantitative estimate of drug-likeness (QED) is 0.381. The van der Waals surface area contributed by atoms with Gasteiger partial charge in [0.1, 0.15) is 5.02 Å². The molecular formula is C24H22ClN3O5S. The number of benzene rings is 3. The van der Waals surface area contributed by atoms with Gasteiger partial charge in [0.05, 0.1) is 9.82 Å². The Hall–Kier alpha value is -3.27. The minimum absolute atomic E-state index is 0.130. The van der Waals surface area contributed by atoms with Gasteiger partial charge in [-0.2, -0.15) is 4.31 Å². The van der Waals surface area contributed by atoms with Crippen molar-refractivity contribution in [2.75, 3.05) is 18.4 Å². The molecule has 0 atom stereocenters. The molecule has 1 heterocycles. The number of anilines is 1. The van der Waals surface area contributed by atoms with Crippen molar-refractivity contribution in [1.82, 2.24) is 4.31 Å². The highest BCUT2D eigenvalue weighted by atomic mass is 35.5. The van der Waals surface area contributed by atoms with E-state index in [2.05, 4.69) is 5.32 Å². The number of rotatable bonds is 6. The number of amides is 1. The molecule has 0 aliphatic carbocycles. The summed E-state index contributed by atoms with van der Waals surface area (Å²) >= 11 is 5.80. The van der Waals surface area contributed by atoms with Gasteiger partial charge < -0.3 is 5.32 Å². The average molecular weight is 500 g/mol. The highest BCUT2D eigenvalue weighted by Gasteiger charge is 2.33. The summed E-state index contributed by atoms with van der Waals surface area (Å²) < 4.78 is 27.3. The van der Waals surface area contributed by atoms with Gasteiger partial charge in [0.2, 0.25) is 15.9 Å². The maximum atomic E-state index is 13.0. The van der Waals surface area contributed by atoms with Crippen LogP contribution in [0.3, 0.4) is 0 Å². The first-order valence-corrected chi connectivity index (χ1v) is 12.5. The minimum atomic E-state index is -3.95. The van der Waals surface area contributed by atoms with Gasteiger partial charge in [-0.25, -0.2) is 8.42 Å². The van der Waals surface area contributed by atoms with Gasteiger partial charge >= 0.3 is 0 Å². The zero-order valence-corrected chi connectivity index (χ0v) is 19.6. The van der Waals surface area contributed by atoms with E-state index in [1.807, 2.05) is 54.6 Å². The van der Waals surface area contributed by atoms with Crippen LogP contribution in [-0.2, 0) is 14.8 Å². The largest absolute Gasteiger partial charge is 0.325 e. The number of para-hydroxylation sites is 1. The molecule has 1 saturated heterocycles. The number of carbonyl (C=O) groups excluding carboxylic acids is 1. The van der Waals surface area contributed by atoms with E-state index in [-0.39, 0.29) is 34.8 Å². The topological polar surface area (TPSA) is 110 Å². The number of nitrogens with zero attached hydrogens (tertiary/aromatic N) is 2. The van der Waals surface area contributed by atoms with E-state index >= 15 is 0 Å². The van der Waals surface area contributed by atoms with Crippen LogP contribution < -0.4 is 5.32 Å². The third-order valence-electron chi connectivity index (χ3n) is 5.85. The third kappa shape index (κ3) is 4.96. The Morgan fingerprint density at radius 1 is 1.00 bits per heavy atom. The minimum Gasteiger partial charge on any atom is -0.325 e.